The van der Waals surface area contributed by atoms with Crippen molar-refractivity contribution >= 4 is 28.1 Å². The van der Waals surface area contributed by atoms with Crippen LogP contribution in [0.2, 0.25) is 0 Å². The van der Waals surface area contributed by atoms with E-state index in [2.05, 4.69) is 10.3 Å². The summed E-state index contributed by atoms with van der Waals surface area (Å²) < 4.78 is 5.33. The molecule has 0 fully saturated rings. The number of methoxy groups -OCH3 is 1. The quantitative estimate of drug-likeness (QED) is 0.737. The number of para-hydroxylation sites is 2. The number of aryl methyl sites for hydroxylation is 1. The van der Waals surface area contributed by atoms with Crippen LogP contribution >= 0.6 is 11.3 Å². The number of hydrogen-bond donors (Lipinski definition) is 1. The van der Waals surface area contributed by atoms with Crippen LogP contribution in [0.15, 0.2) is 48.5 Å². The Kier molecular flexibility index (Phi) is 5.00. The van der Waals surface area contributed by atoms with Gasteiger partial charge in [-0.25, -0.2) is 4.98 Å². The summed E-state index contributed by atoms with van der Waals surface area (Å²) in [5, 5.41) is 14.9. The van der Waals surface area contributed by atoms with E-state index in [9.17, 15) is 9.90 Å². The smallest absolute Gasteiger partial charge is 0.188 e. The Balaban J connectivity index is 1.98. The first-order valence-corrected chi connectivity index (χ1v) is 8.55. The monoisotopic (exact) mass is 353 g/mol. The molecule has 0 radical (unpaired) electrons. The summed E-state index contributed by atoms with van der Waals surface area (Å²) in [5.41, 5.74) is 3.44. The predicted octanol–water partition coefficient (Wildman–Crippen LogP) is 3.16. The van der Waals surface area contributed by atoms with Crippen LogP contribution in [0, 0.1) is 6.92 Å². The molecule has 3 aromatic rings. The van der Waals surface area contributed by atoms with Gasteiger partial charge in [-0.3, -0.25) is 0 Å². The Morgan fingerprint density at radius 1 is 1.20 bits per heavy atom. The van der Waals surface area contributed by atoms with Crippen molar-refractivity contribution < 1.29 is 14.6 Å². The van der Waals surface area contributed by atoms with Gasteiger partial charge in [-0.2, -0.15) is 0 Å². The van der Waals surface area contributed by atoms with Crippen molar-refractivity contribution in [2.75, 3.05) is 12.4 Å². The van der Waals surface area contributed by atoms with Gasteiger partial charge in [-0.05, 0) is 19.1 Å². The maximum Gasteiger partial charge on any atom is 0.188 e. The van der Waals surface area contributed by atoms with Crippen LogP contribution in [0.5, 0.6) is 5.75 Å². The second kappa shape index (κ2) is 7.36. The molecule has 1 heterocycles. The van der Waals surface area contributed by atoms with Crippen molar-refractivity contribution in [2.24, 2.45) is 0 Å². The van der Waals surface area contributed by atoms with Gasteiger partial charge in [0.1, 0.15) is 5.75 Å². The van der Waals surface area contributed by atoms with Crippen molar-refractivity contribution in [2.45, 2.75) is 13.3 Å². The van der Waals surface area contributed by atoms with Gasteiger partial charge in [0.25, 0.3) is 0 Å². The van der Waals surface area contributed by atoms with Crippen molar-refractivity contribution in [1.82, 2.24) is 4.98 Å². The van der Waals surface area contributed by atoms with Crippen LogP contribution in [0.25, 0.3) is 11.3 Å². The molecule has 0 aliphatic carbocycles. The number of carboxylic acid groups (broad SMARTS) is 1. The summed E-state index contributed by atoms with van der Waals surface area (Å²) in [6.07, 6.45) is -0.172. The van der Waals surface area contributed by atoms with Crippen LogP contribution in [-0.4, -0.2) is 18.1 Å². The molecule has 0 spiro atoms. The molecule has 1 N–H and O–H groups in total. The van der Waals surface area contributed by atoms with Crippen molar-refractivity contribution in [3.8, 4) is 17.0 Å². The van der Waals surface area contributed by atoms with E-state index in [0.29, 0.717) is 21.5 Å². The second-order valence-corrected chi connectivity index (χ2v) is 6.61. The van der Waals surface area contributed by atoms with E-state index in [4.69, 9.17) is 4.74 Å². The highest BCUT2D eigenvalue weighted by atomic mass is 32.1. The van der Waals surface area contributed by atoms with E-state index in [1.807, 2.05) is 55.5 Å². The molecule has 2 aromatic carbocycles. The molecule has 25 heavy (non-hydrogen) atoms. The Hall–Kier alpha value is -2.86. The van der Waals surface area contributed by atoms with Crippen molar-refractivity contribution in [3.05, 3.63) is 59.0 Å². The minimum Gasteiger partial charge on any atom is -0.550 e. The number of nitrogens with one attached hydrogen (secondary N) is 1. The van der Waals surface area contributed by atoms with Gasteiger partial charge in [0, 0.05) is 22.8 Å². The van der Waals surface area contributed by atoms with Gasteiger partial charge in [0.15, 0.2) is 5.13 Å². The molecule has 6 heteroatoms. The maximum absolute atomic E-state index is 11.1. The van der Waals surface area contributed by atoms with Gasteiger partial charge in [-0.15, -0.1) is 11.3 Å². The highest BCUT2D eigenvalue weighted by Crippen LogP contribution is 2.35. The van der Waals surface area contributed by atoms with Gasteiger partial charge in [0.2, 0.25) is 0 Å². The molecule has 0 atom stereocenters. The molecule has 0 amide bonds. The molecular formula is C19H17N2O3S-. The molecule has 3 rings (SSSR count). The largest absolute Gasteiger partial charge is 0.550 e. The maximum atomic E-state index is 11.1. The van der Waals surface area contributed by atoms with Gasteiger partial charge >= 0.3 is 0 Å². The number of rotatable bonds is 6. The number of thiazole rings is 1. The number of carboxylic acids is 1. The zero-order chi connectivity index (χ0) is 17.8. The number of carbonyl (C=O) groups excluding carboxylic acids is 1. The minimum absolute atomic E-state index is 0.172. The number of ether oxygens (including phenoxy) is 1. The fourth-order valence-corrected chi connectivity index (χ4v) is 3.44. The number of aliphatic carboxylic acids is 1. The second-order valence-electron chi connectivity index (χ2n) is 5.53. The Morgan fingerprint density at radius 2 is 1.92 bits per heavy atom. The molecule has 0 saturated heterocycles. The summed E-state index contributed by atoms with van der Waals surface area (Å²) in [7, 11) is 1.60. The lowest BCUT2D eigenvalue weighted by molar-refractivity contribution is -0.304. The zero-order valence-corrected chi connectivity index (χ0v) is 14.7. The topological polar surface area (TPSA) is 74.3 Å². The van der Waals surface area contributed by atoms with Gasteiger partial charge in [0.05, 0.1) is 18.5 Å². The highest BCUT2D eigenvalue weighted by Gasteiger charge is 2.14. The van der Waals surface area contributed by atoms with E-state index in [-0.39, 0.29) is 6.42 Å². The third-order valence-electron chi connectivity index (χ3n) is 3.68. The predicted molar refractivity (Wildman–Crippen MR) is 97.3 cm³/mol. The molecule has 128 valence electrons. The first-order chi connectivity index (χ1) is 12.1. The molecule has 0 aliphatic rings. The number of nitrogens with zero attached hydrogens (tertiary/aromatic N) is 1. The molecule has 0 aliphatic heterocycles. The summed E-state index contributed by atoms with van der Waals surface area (Å²) in [5.74, 6) is -0.433. The van der Waals surface area contributed by atoms with E-state index in [1.54, 1.807) is 7.11 Å². The summed E-state index contributed by atoms with van der Waals surface area (Å²) in [4.78, 5) is 16.4. The van der Waals surface area contributed by atoms with Crippen LogP contribution in [0.1, 0.15) is 10.4 Å². The normalized spacial score (nSPS) is 10.5. The van der Waals surface area contributed by atoms with Crippen molar-refractivity contribution in [3.63, 3.8) is 0 Å². The average Bonchev–Trinajstić information content (AvgIpc) is 2.97. The lowest BCUT2D eigenvalue weighted by Gasteiger charge is -2.08. The van der Waals surface area contributed by atoms with E-state index in [1.165, 1.54) is 11.3 Å². The molecule has 0 unspecified atom stereocenters. The average molecular weight is 353 g/mol. The molecule has 0 saturated carbocycles. The van der Waals surface area contributed by atoms with Crippen LogP contribution < -0.4 is 15.2 Å². The van der Waals surface area contributed by atoms with Crippen LogP contribution in [0.4, 0.5) is 10.8 Å². The van der Waals surface area contributed by atoms with Crippen LogP contribution in [0.3, 0.4) is 0 Å². The zero-order valence-electron chi connectivity index (χ0n) is 13.9. The standard InChI is InChI=1S/C19H18N2O3S/c1-12-7-9-13(10-8-12)18-16(11-17(22)23)25-19(21-18)20-14-5-3-4-6-15(14)24-2/h3-10H,11H2,1-2H3,(H,20,21)(H,22,23)/p-1. The number of hydrogen-bond acceptors (Lipinski definition) is 6. The lowest BCUT2D eigenvalue weighted by Crippen LogP contribution is -2.24. The third kappa shape index (κ3) is 3.97. The first-order valence-electron chi connectivity index (χ1n) is 7.73. The fraction of sp³-hybridized carbons (Fsp3) is 0.158. The van der Waals surface area contributed by atoms with E-state index < -0.39 is 5.97 Å². The number of anilines is 2. The minimum atomic E-state index is -1.12. The molecule has 1 aromatic heterocycles. The lowest BCUT2D eigenvalue weighted by atomic mass is 10.1. The SMILES string of the molecule is COc1ccccc1Nc1nc(-c2ccc(C)cc2)c(CC(=O)[O-])s1. The van der Waals surface area contributed by atoms with Crippen LogP contribution in [-0.2, 0) is 11.2 Å². The Labute approximate surface area is 149 Å². The van der Waals surface area contributed by atoms with Gasteiger partial charge in [-0.1, -0.05) is 42.0 Å². The number of benzene rings is 2. The molecular weight excluding hydrogens is 336 g/mol. The first kappa shape index (κ1) is 17.0. The third-order valence-corrected chi connectivity index (χ3v) is 4.65. The van der Waals surface area contributed by atoms with E-state index in [0.717, 1.165) is 16.8 Å². The summed E-state index contributed by atoms with van der Waals surface area (Å²) in [6, 6.07) is 15.3. The van der Waals surface area contributed by atoms with Crippen molar-refractivity contribution in [1.29, 1.82) is 0 Å². The fourth-order valence-electron chi connectivity index (χ4n) is 2.46. The molecule has 5 nitrogen and oxygen atoms in total. The highest BCUT2D eigenvalue weighted by molar-refractivity contribution is 7.16. The summed E-state index contributed by atoms with van der Waals surface area (Å²) >= 11 is 1.30. The summed E-state index contributed by atoms with van der Waals surface area (Å²) in [6.45, 7) is 2.00. The molecule has 0 bridgehead atoms. The Bertz CT molecular complexity index is 888. The number of carbonyl (C=O) groups is 1. The Morgan fingerprint density at radius 3 is 2.60 bits per heavy atom. The van der Waals surface area contributed by atoms with E-state index >= 15 is 0 Å². The van der Waals surface area contributed by atoms with Gasteiger partial charge < -0.3 is 20.0 Å². The number of aromatic nitrogens is 1.